The lowest BCUT2D eigenvalue weighted by atomic mass is 10.3. The summed E-state index contributed by atoms with van der Waals surface area (Å²) < 4.78 is 2.22. The summed E-state index contributed by atoms with van der Waals surface area (Å²) in [4.78, 5) is 5.90. The second-order valence-corrected chi connectivity index (χ2v) is 5.26. The number of hydrogen-bond acceptors (Lipinski definition) is 3. The molecule has 3 rings (SSSR count). The SMILES string of the molecule is N#CCCCn1c(-c2cccs2)nc2ccccc21. The normalized spacial score (nSPS) is 10.7. The van der Waals surface area contributed by atoms with Crippen LogP contribution in [0.5, 0.6) is 0 Å². The van der Waals surface area contributed by atoms with E-state index in [1.165, 1.54) is 4.88 Å². The predicted molar refractivity (Wildman–Crippen MR) is 77.9 cm³/mol. The van der Waals surface area contributed by atoms with Crippen molar-refractivity contribution in [2.75, 3.05) is 0 Å². The lowest BCUT2D eigenvalue weighted by Gasteiger charge is -2.06. The molecule has 19 heavy (non-hydrogen) atoms. The first-order chi connectivity index (χ1) is 9.40. The molecule has 1 aromatic carbocycles. The Labute approximate surface area is 115 Å². The van der Waals surface area contributed by atoms with E-state index in [1.54, 1.807) is 11.3 Å². The molecule has 0 aliphatic rings. The van der Waals surface area contributed by atoms with Crippen LogP contribution in [-0.4, -0.2) is 9.55 Å². The summed E-state index contributed by atoms with van der Waals surface area (Å²) in [5.41, 5.74) is 2.16. The van der Waals surface area contributed by atoms with E-state index in [0.29, 0.717) is 6.42 Å². The average Bonchev–Trinajstić information content (AvgIpc) is 3.06. The van der Waals surface area contributed by atoms with Gasteiger partial charge in [0.15, 0.2) is 5.82 Å². The Bertz CT molecular complexity index is 720. The van der Waals surface area contributed by atoms with Gasteiger partial charge < -0.3 is 4.57 Å². The number of unbranched alkanes of at least 4 members (excludes halogenated alkanes) is 1. The fourth-order valence-corrected chi connectivity index (χ4v) is 2.93. The zero-order valence-electron chi connectivity index (χ0n) is 10.4. The van der Waals surface area contributed by atoms with Gasteiger partial charge in [0, 0.05) is 13.0 Å². The monoisotopic (exact) mass is 267 g/mol. The van der Waals surface area contributed by atoms with E-state index < -0.39 is 0 Å². The number of benzene rings is 1. The third-order valence-corrected chi connectivity index (χ3v) is 3.93. The smallest absolute Gasteiger partial charge is 0.151 e. The van der Waals surface area contributed by atoms with Gasteiger partial charge in [-0.1, -0.05) is 18.2 Å². The summed E-state index contributed by atoms with van der Waals surface area (Å²) in [6.07, 6.45) is 1.44. The van der Waals surface area contributed by atoms with E-state index in [4.69, 9.17) is 10.2 Å². The van der Waals surface area contributed by atoms with Crippen molar-refractivity contribution in [2.24, 2.45) is 0 Å². The highest BCUT2D eigenvalue weighted by molar-refractivity contribution is 7.13. The number of thiophene rings is 1. The highest BCUT2D eigenvalue weighted by Crippen LogP contribution is 2.28. The number of nitrogens with zero attached hydrogens (tertiary/aromatic N) is 3. The summed E-state index contributed by atoms with van der Waals surface area (Å²) >= 11 is 1.70. The summed E-state index contributed by atoms with van der Waals surface area (Å²) in [6.45, 7) is 0.835. The van der Waals surface area contributed by atoms with Gasteiger partial charge in [0.1, 0.15) is 0 Å². The van der Waals surface area contributed by atoms with Gasteiger partial charge in [-0.05, 0) is 30.0 Å². The molecule has 0 aliphatic carbocycles. The number of para-hydroxylation sites is 2. The van der Waals surface area contributed by atoms with E-state index in [-0.39, 0.29) is 0 Å². The van der Waals surface area contributed by atoms with Crippen LogP contribution in [0.2, 0.25) is 0 Å². The molecule has 3 nitrogen and oxygen atoms in total. The van der Waals surface area contributed by atoms with Crippen LogP contribution in [0.3, 0.4) is 0 Å². The molecule has 0 saturated heterocycles. The van der Waals surface area contributed by atoms with Gasteiger partial charge in [-0.25, -0.2) is 4.98 Å². The first-order valence-corrected chi connectivity index (χ1v) is 7.14. The van der Waals surface area contributed by atoms with E-state index in [1.807, 2.05) is 24.3 Å². The third-order valence-electron chi connectivity index (χ3n) is 3.07. The zero-order valence-corrected chi connectivity index (χ0v) is 11.2. The Balaban J connectivity index is 2.09. The molecule has 3 aromatic rings. The zero-order chi connectivity index (χ0) is 13.1. The van der Waals surface area contributed by atoms with Crippen molar-refractivity contribution in [1.29, 1.82) is 5.26 Å². The number of fused-ring (bicyclic) bond motifs is 1. The Morgan fingerprint density at radius 1 is 1.21 bits per heavy atom. The summed E-state index contributed by atoms with van der Waals surface area (Å²) in [6, 6.07) is 14.5. The maximum absolute atomic E-state index is 8.69. The lowest BCUT2D eigenvalue weighted by molar-refractivity contribution is 0.676. The second-order valence-electron chi connectivity index (χ2n) is 4.31. The molecule has 0 radical (unpaired) electrons. The average molecular weight is 267 g/mol. The molecule has 0 unspecified atom stereocenters. The molecule has 0 atom stereocenters. The van der Waals surface area contributed by atoms with Gasteiger partial charge >= 0.3 is 0 Å². The Morgan fingerprint density at radius 3 is 2.89 bits per heavy atom. The van der Waals surface area contributed by atoms with Crippen LogP contribution in [0.4, 0.5) is 0 Å². The molecule has 0 aliphatic heterocycles. The maximum Gasteiger partial charge on any atom is 0.151 e. The molecule has 0 amide bonds. The summed E-state index contributed by atoms with van der Waals surface area (Å²) in [5, 5.41) is 10.8. The van der Waals surface area contributed by atoms with Crippen molar-refractivity contribution in [2.45, 2.75) is 19.4 Å². The van der Waals surface area contributed by atoms with Gasteiger partial charge in [0.05, 0.1) is 22.0 Å². The van der Waals surface area contributed by atoms with Crippen molar-refractivity contribution in [3.8, 4) is 16.8 Å². The molecule has 4 heteroatoms. The van der Waals surface area contributed by atoms with Crippen LogP contribution in [-0.2, 0) is 6.54 Å². The highest BCUT2D eigenvalue weighted by atomic mass is 32.1. The Hall–Kier alpha value is -2.12. The van der Waals surface area contributed by atoms with Crippen molar-refractivity contribution in [3.05, 3.63) is 41.8 Å². The van der Waals surface area contributed by atoms with Gasteiger partial charge in [-0.15, -0.1) is 11.3 Å². The molecule has 94 valence electrons. The largest absolute Gasteiger partial charge is 0.323 e. The fraction of sp³-hybridized carbons (Fsp3) is 0.200. The van der Waals surface area contributed by atoms with E-state index in [9.17, 15) is 0 Å². The molecular weight excluding hydrogens is 254 g/mol. The number of imidazole rings is 1. The van der Waals surface area contributed by atoms with Crippen LogP contribution in [0.25, 0.3) is 21.7 Å². The molecule has 2 heterocycles. The molecule has 0 fully saturated rings. The highest BCUT2D eigenvalue weighted by Gasteiger charge is 2.12. The van der Waals surface area contributed by atoms with Crippen molar-refractivity contribution >= 4 is 22.4 Å². The minimum absolute atomic E-state index is 0.580. The van der Waals surface area contributed by atoms with Gasteiger partial charge in [0.2, 0.25) is 0 Å². The standard InChI is InChI=1S/C15H13N3S/c16-9-3-4-10-18-13-7-2-1-6-12(13)17-15(18)14-8-5-11-19-14/h1-2,5-8,11H,3-4,10H2. The summed E-state index contributed by atoms with van der Waals surface area (Å²) in [7, 11) is 0. The molecule has 0 N–H and O–H groups in total. The number of nitriles is 1. The quantitative estimate of drug-likeness (QED) is 0.669. The van der Waals surface area contributed by atoms with Crippen LogP contribution in [0.1, 0.15) is 12.8 Å². The fourth-order valence-electron chi connectivity index (χ4n) is 2.21. The first-order valence-electron chi connectivity index (χ1n) is 6.26. The maximum atomic E-state index is 8.69. The first kappa shape index (κ1) is 11.9. The van der Waals surface area contributed by atoms with Crippen LogP contribution in [0.15, 0.2) is 41.8 Å². The van der Waals surface area contributed by atoms with Crippen LogP contribution < -0.4 is 0 Å². The topological polar surface area (TPSA) is 41.6 Å². The van der Waals surface area contributed by atoms with Gasteiger partial charge in [-0.3, -0.25) is 0 Å². The number of rotatable bonds is 4. The second kappa shape index (κ2) is 5.25. The minimum Gasteiger partial charge on any atom is -0.323 e. The predicted octanol–water partition coefficient (Wildman–Crippen LogP) is 4.07. The van der Waals surface area contributed by atoms with E-state index >= 15 is 0 Å². The number of aromatic nitrogens is 2. The van der Waals surface area contributed by atoms with Gasteiger partial charge in [-0.2, -0.15) is 5.26 Å². The molecule has 0 spiro atoms. The van der Waals surface area contributed by atoms with Crippen molar-refractivity contribution in [3.63, 3.8) is 0 Å². The molecule has 0 saturated carbocycles. The number of aryl methyl sites for hydroxylation is 1. The van der Waals surface area contributed by atoms with Crippen LogP contribution >= 0.6 is 11.3 Å². The number of hydrogen-bond donors (Lipinski definition) is 0. The molecule has 2 aromatic heterocycles. The molecular formula is C15H13N3S. The minimum atomic E-state index is 0.580. The Morgan fingerprint density at radius 2 is 2.11 bits per heavy atom. The van der Waals surface area contributed by atoms with Crippen molar-refractivity contribution < 1.29 is 0 Å². The molecule has 0 bridgehead atoms. The van der Waals surface area contributed by atoms with Gasteiger partial charge in [0.25, 0.3) is 0 Å². The van der Waals surface area contributed by atoms with Crippen molar-refractivity contribution in [1.82, 2.24) is 9.55 Å². The Kier molecular flexibility index (Phi) is 3.30. The third kappa shape index (κ3) is 2.25. The lowest BCUT2D eigenvalue weighted by Crippen LogP contribution is -1.99. The van der Waals surface area contributed by atoms with Crippen LogP contribution in [0, 0.1) is 11.3 Å². The van der Waals surface area contributed by atoms with E-state index in [0.717, 1.165) is 29.8 Å². The summed E-state index contributed by atoms with van der Waals surface area (Å²) in [5.74, 6) is 1.01. The van der Waals surface area contributed by atoms with E-state index in [2.05, 4.69) is 28.1 Å².